The van der Waals surface area contributed by atoms with Crippen LogP contribution in [0.2, 0.25) is 0 Å². The highest BCUT2D eigenvalue weighted by atomic mass is 32.2. The van der Waals surface area contributed by atoms with E-state index in [4.69, 9.17) is 14.5 Å². The molecule has 40 heavy (non-hydrogen) atoms. The monoisotopic (exact) mass is 579 g/mol. The van der Waals surface area contributed by atoms with E-state index in [1.54, 1.807) is 23.5 Å². The molecule has 0 bridgehead atoms. The molecule has 1 aliphatic heterocycles. The van der Waals surface area contributed by atoms with E-state index in [1.807, 2.05) is 24.3 Å². The van der Waals surface area contributed by atoms with Gasteiger partial charge in [0.1, 0.15) is 0 Å². The third-order valence-corrected chi connectivity index (χ3v) is 13.0. The Labute approximate surface area is 243 Å². The van der Waals surface area contributed by atoms with Gasteiger partial charge in [-0.2, -0.15) is 0 Å². The van der Waals surface area contributed by atoms with Crippen LogP contribution in [0, 0.1) is 28.6 Å². The van der Waals surface area contributed by atoms with E-state index < -0.39 is 23.4 Å². The van der Waals surface area contributed by atoms with E-state index in [0.717, 1.165) is 52.2 Å². The number of Topliss-reactive ketones (excluding diaryl/α,β-unsaturated/α-hetero) is 1. The summed E-state index contributed by atoms with van der Waals surface area (Å²) in [5, 5.41) is 11.9. The fourth-order valence-corrected chi connectivity index (χ4v) is 11.2. The molecule has 1 aromatic carbocycles. The predicted molar refractivity (Wildman–Crippen MR) is 156 cm³/mol. The average Bonchev–Trinajstić information content (AvgIpc) is 3.57. The first-order valence-electron chi connectivity index (χ1n) is 14.7. The highest BCUT2D eigenvalue weighted by molar-refractivity contribution is 8.01. The Balaban J connectivity index is 1.22. The zero-order valence-corrected chi connectivity index (χ0v) is 24.9. The zero-order valence-electron chi connectivity index (χ0n) is 23.3. The molecular formula is C32H37NO5S2. The number of thiazole rings is 1. The standard InChI is InChI=1S/C32H37NO5S2/c1-4-7-27-37-26-15-21-20-11-10-18-14-19(34)12-13-30(18,2)28(20)23(35)16-31(21,3)32(26,38-27)25(36)17-39-29-33-22-8-5-6-9-24(22)40-29/h5-6,8-9,12-14,20-21,23,26-28,35H,4,7,10-11,15-17H2,1-3H3/t20?,21?,23-,26+,27?,28?,30?,31?,32-/m0/s1. The van der Waals surface area contributed by atoms with Gasteiger partial charge in [0.25, 0.3) is 0 Å². The first kappa shape index (κ1) is 27.0. The number of para-hydroxylation sites is 1. The van der Waals surface area contributed by atoms with Crippen LogP contribution in [0.1, 0.15) is 59.3 Å². The number of hydrogen-bond donors (Lipinski definition) is 1. The summed E-state index contributed by atoms with van der Waals surface area (Å²) in [7, 11) is 0. The maximum atomic E-state index is 14.5. The summed E-state index contributed by atoms with van der Waals surface area (Å²) < 4.78 is 15.3. The number of aliphatic hydroxyl groups is 1. The van der Waals surface area contributed by atoms with Gasteiger partial charge in [0.05, 0.1) is 28.2 Å². The maximum absolute atomic E-state index is 14.5. The van der Waals surface area contributed by atoms with Crippen molar-refractivity contribution in [3.8, 4) is 0 Å². The van der Waals surface area contributed by atoms with Crippen LogP contribution in [-0.4, -0.2) is 51.5 Å². The van der Waals surface area contributed by atoms with Crippen LogP contribution in [0.25, 0.3) is 10.2 Å². The third-order valence-electron chi connectivity index (χ3n) is 10.8. The van der Waals surface area contributed by atoms with Gasteiger partial charge in [0.15, 0.2) is 27.8 Å². The third kappa shape index (κ3) is 3.75. The quantitative estimate of drug-likeness (QED) is 0.412. The SMILES string of the molecule is CCCC1O[C@@H]2CC3C4CCC5=CC(=O)C=CC5(C)C4[C@@H](O)CC3(C)[C@@]2(C(=O)CSc2nc3ccccc3s2)O1. The molecule has 2 aromatic rings. The van der Waals surface area contributed by atoms with Gasteiger partial charge >= 0.3 is 0 Å². The molecule has 0 amide bonds. The number of nitrogens with zero attached hydrogens (tertiary/aromatic N) is 1. The Kier molecular flexibility index (Phi) is 6.48. The summed E-state index contributed by atoms with van der Waals surface area (Å²) in [4.78, 5) is 31.4. The van der Waals surface area contributed by atoms with Crippen LogP contribution >= 0.6 is 23.1 Å². The molecule has 0 spiro atoms. The normalized spacial score (nSPS) is 41.8. The van der Waals surface area contributed by atoms with Crippen LogP contribution in [0.5, 0.6) is 0 Å². The van der Waals surface area contributed by atoms with Gasteiger partial charge in [-0.15, -0.1) is 11.3 Å². The van der Waals surface area contributed by atoms with Crippen LogP contribution < -0.4 is 0 Å². The van der Waals surface area contributed by atoms with Crippen molar-refractivity contribution in [3.63, 3.8) is 0 Å². The highest BCUT2D eigenvalue weighted by Crippen LogP contribution is 2.69. The fourth-order valence-electron chi connectivity index (χ4n) is 9.15. The minimum absolute atomic E-state index is 0.00413. The summed E-state index contributed by atoms with van der Waals surface area (Å²) in [6.45, 7) is 6.47. The molecule has 1 saturated heterocycles. The van der Waals surface area contributed by atoms with Crippen molar-refractivity contribution in [1.82, 2.24) is 4.98 Å². The lowest BCUT2D eigenvalue weighted by Crippen LogP contribution is -2.63. The molecule has 6 nitrogen and oxygen atoms in total. The van der Waals surface area contributed by atoms with E-state index in [2.05, 4.69) is 26.8 Å². The van der Waals surface area contributed by atoms with Crippen molar-refractivity contribution in [2.75, 3.05) is 5.75 Å². The van der Waals surface area contributed by atoms with Crippen molar-refractivity contribution in [2.24, 2.45) is 28.6 Å². The first-order chi connectivity index (χ1) is 19.2. The molecule has 9 atom stereocenters. The molecule has 0 radical (unpaired) electrons. The van der Waals surface area contributed by atoms with E-state index in [1.165, 1.54) is 11.8 Å². The van der Waals surface area contributed by atoms with E-state index >= 15 is 0 Å². The minimum Gasteiger partial charge on any atom is -0.393 e. The second kappa shape index (κ2) is 9.60. The first-order valence-corrected chi connectivity index (χ1v) is 16.5. The molecule has 212 valence electrons. The van der Waals surface area contributed by atoms with Gasteiger partial charge in [0, 0.05) is 16.7 Å². The Morgan fingerprint density at radius 1 is 1.27 bits per heavy atom. The van der Waals surface area contributed by atoms with Gasteiger partial charge in [-0.05, 0) is 68.2 Å². The Morgan fingerprint density at radius 2 is 2.10 bits per heavy atom. The van der Waals surface area contributed by atoms with Crippen LogP contribution in [0.15, 0.2) is 52.4 Å². The minimum atomic E-state index is -1.08. The molecule has 1 N–H and O–H groups in total. The molecule has 8 heteroatoms. The molecule has 2 heterocycles. The molecule has 5 aliphatic rings. The number of rotatable bonds is 6. The number of benzene rings is 1. The summed E-state index contributed by atoms with van der Waals surface area (Å²) in [6, 6.07) is 8.05. The Bertz CT molecular complexity index is 1400. The second-order valence-corrected chi connectivity index (χ2v) is 15.1. The highest BCUT2D eigenvalue weighted by Gasteiger charge is 2.75. The van der Waals surface area contributed by atoms with E-state index in [0.29, 0.717) is 6.42 Å². The molecule has 1 aromatic heterocycles. The molecule has 3 saturated carbocycles. The zero-order chi connectivity index (χ0) is 27.9. The number of carbonyl (C=O) groups excluding carboxylic acids is 2. The second-order valence-electron chi connectivity index (χ2n) is 12.8. The lowest BCUT2D eigenvalue weighted by Gasteiger charge is -2.59. The number of aliphatic hydroxyl groups excluding tert-OH is 1. The molecule has 6 unspecified atom stereocenters. The van der Waals surface area contributed by atoms with Gasteiger partial charge < -0.3 is 14.6 Å². The Hall–Kier alpha value is -1.84. The lowest BCUT2D eigenvalue weighted by atomic mass is 9.46. The predicted octanol–water partition coefficient (Wildman–Crippen LogP) is 6.13. The van der Waals surface area contributed by atoms with Crippen molar-refractivity contribution in [1.29, 1.82) is 0 Å². The van der Waals surface area contributed by atoms with Crippen LogP contribution in [0.3, 0.4) is 0 Å². The topological polar surface area (TPSA) is 85.7 Å². The lowest BCUT2D eigenvalue weighted by molar-refractivity contribution is -0.197. The largest absolute Gasteiger partial charge is 0.393 e. The number of aromatic nitrogens is 1. The number of ketones is 2. The van der Waals surface area contributed by atoms with Crippen molar-refractivity contribution < 1.29 is 24.2 Å². The van der Waals surface area contributed by atoms with Gasteiger partial charge in [-0.3, -0.25) is 9.59 Å². The van der Waals surface area contributed by atoms with Gasteiger partial charge in [-0.1, -0.05) is 62.7 Å². The van der Waals surface area contributed by atoms with Gasteiger partial charge in [0.2, 0.25) is 0 Å². The number of allylic oxidation sites excluding steroid dienone is 4. The average molecular weight is 580 g/mol. The maximum Gasteiger partial charge on any atom is 0.178 e. The van der Waals surface area contributed by atoms with Crippen molar-refractivity contribution >= 4 is 44.9 Å². The van der Waals surface area contributed by atoms with Crippen molar-refractivity contribution in [3.05, 3.63) is 48.1 Å². The Morgan fingerprint density at radius 3 is 2.90 bits per heavy atom. The number of fused-ring (bicyclic) bond motifs is 8. The van der Waals surface area contributed by atoms with Crippen molar-refractivity contribution in [2.45, 2.75) is 87.7 Å². The summed E-state index contributed by atoms with van der Waals surface area (Å²) in [5.41, 5.74) is 0.117. The number of carbonyl (C=O) groups is 2. The van der Waals surface area contributed by atoms with Crippen LogP contribution in [-0.2, 0) is 19.1 Å². The summed E-state index contributed by atoms with van der Waals surface area (Å²) in [5.74, 6) is 0.772. The smallest absolute Gasteiger partial charge is 0.178 e. The molecule has 7 rings (SSSR count). The number of hydrogen-bond acceptors (Lipinski definition) is 8. The number of ether oxygens (including phenoxy) is 2. The summed E-state index contributed by atoms with van der Waals surface area (Å²) in [6.07, 6.45) is 8.81. The summed E-state index contributed by atoms with van der Waals surface area (Å²) >= 11 is 3.10. The van der Waals surface area contributed by atoms with E-state index in [-0.39, 0.29) is 46.6 Å². The number of thioether (sulfide) groups is 1. The van der Waals surface area contributed by atoms with Gasteiger partial charge in [-0.25, -0.2) is 4.98 Å². The molecule has 4 fully saturated rings. The van der Waals surface area contributed by atoms with Crippen LogP contribution in [0.4, 0.5) is 0 Å². The molecular weight excluding hydrogens is 542 g/mol. The molecule has 4 aliphatic carbocycles. The van der Waals surface area contributed by atoms with E-state index in [9.17, 15) is 14.7 Å². The fraction of sp³-hybridized carbons (Fsp3) is 0.594.